The highest BCUT2D eigenvalue weighted by molar-refractivity contribution is 5.84. The van der Waals surface area contributed by atoms with Gasteiger partial charge in [-0.05, 0) is 62.3 Å². The number of carbonyl (C=O) groups excluding carboxylic acids is 1. The van der Waals surface area contributed by atoms with E-state index in [1.807, 2.05) is 13.0 Å². The third-order valence-electron chi connectivity index (χ3n) is 6.14. The lowest BCUT2D eigenvalue weighted by atomic mass is 9.68. The Morgan fingerprint density at radius 3 is 2.62 bits per heavy atom. The minimum absolute atomic E-state index is 0.213. The Labute approximate surface area is 145 Å². The van der Waals surface area contributed by atoms with Crippen LogP contribution in [-0.2, 0) is 11.2 Å². The summed E-state index contributed by atoms with van der Waals surface area (Å²) in [5.41, 5.74) is 1.06. The van der Waals surface area contributed by atoms with Crippen LogP contribution in [0.15, 0.2) is 30.3 Å². The second kappa shape index (κ2) is 7.26. The first kappa shape index (κ1) is 17.5. The van der Waals surface area contributed by atoms with Gasteiger partial charge < -0.3 is 10.4 Å². The zero-order valence-electron chi connectivity index (χ0n) is 15.0. The molecule has 1 aromatic rings. The minimum Gasteiger partial charge on any atom is -0.393 e. The Kier molecular flexibility index (Phi) is 5.29. The third-order valence-corrected chi connectivity index (χ3v) is 6.14. The molecule has 0 aromatic heterocycles. The highest BCUT2D eigenvalue weighted by Crippen LogP contribution is 2.57. The zero-order valence-corrected chi connectivity index (χ0v) is 15.0. The number of carbonyl (C=O) groups is 1. The lowest BCUT2D eigenvalue weighted by Gasteiger charge is -2.37. The highest BCUT2D eigenvalue weighted by Gasteiger charge is 2.55. The van der Waals surface area contributed by atoms with Gasteiger partial charge in [-0.15, -0.1) is 0 Å². The van der Waals surface area contributed by atoms with E-state index in [4.69, 9.17) is 0 Å². The van der Waals surface area contributed by atoms with Gasteiger partial charge in [-0.2, -0.15) is 0 Å². The zero-order chi connectivity index (χ0) is 17.2. The highest BCUT2D eigenvalue weighted by atomic mass is 16.3. The van der Waals surface area contributed by atoms with Crippen molar-refractivity contribution in [3.63, 3.8) is 0 Å². The second-order valence-corrected chi connectivity index (χ2v) is 8.30. The summed E-state index contributed by atoms with van der Waals surface area (Å²) in [4.78, 5) is 13.2. The van der Waals surface area contributed by atoms with E-state index < -0.39 is 0 Å². The molecule has 24 heavy (non-hydrogen) atoms. The van der Waals surface area contributed by atoms with Crippen molar-refractivity contribution in [1.82, 2.24) is 5.32 Å². The molecule has 0 saturated heterocycles. The quantitative estimate of drug-likeness (QED) is 0.803. The van der Waals surface area contributed by atoms with Crippen molar-refractivity contribution in [1.29, 1.82) is 0 Å². The van der Waals surface area contributed by atoms with Gasteiger partial charge in [-0.1, -0.05) is 43.7 Å². The predicted molar refractivity (Wildman–Crippen MR) is 96.5 cm³/mol. The summed E-state index contributed by atoms with van der Waals surface area (Å²) in [5, 5.41) is 12.7. The topological polar surface area (TPSA) is 49.3 Å². The fraction of sp³-hybridized carbons (Fsp3) is 0.667. The molecule has 0 heterocycles. The van der Waals surface area contributed by atoms with Crippen molar-refractivity contribution < 1.29 is 9.90 Å². The van der Waals surface area contributed by atoms with E-state index in [0.29, 0.717) is 18.4 Å². The molecule has 5 atom stereocenters. The average molecular weight is 329 g/mol. The monoisotopic (exact) mass is 329 g/mol. The van der Waals surface area contributed by atoms with Gasteiger partial charge in [-0.3, -0.25) is 4.79 Å². The maximum absolute atomic E-state index is 13.2. The van der Waals surface area contributed by atoms with E-state index in [-0.39, 0.29) is 17.4 Å². The van der Waals surface area contributed by atoms with Gasteiger partial charge in [-0.25, -0.2) is 0 Å². The van der Waals surface area contributed by atoms with Gasteiger partial charge in [0.1, 0.15) is 0 Å². The van der Waals surface area contributed by atoms with Crippen LogP contribution < -0.4 is 5.32 Å². The molecule has 2 bridgehead atoms. The van der Waals surface area contributed by atoms with Crippen LogP contribution >= 0.6 is 0 Å². The lowest BCUT2D eigenvalue weighted by Crippen LogP contribution is -2.47. The van der Waals surface area contributed by atoms with Gasteiger partial charge in [0.2, 0.25) is 5.91 Å². The lowest BCUT2D eigenvalue weighted by molar-refractivity contribution is -0.134. The smallest absolute Gasteiger partial charge is 0.226 e. The van der Waals surface area contributed by atoms with Crippen LogP contribution in [0.25, 0.3) is 0 Å². The first-order valence-electron chi connectivity index (χ1n) is 9.50. The fourth-order valence-corrected chi connectivity index (χ4v) is 5.09. The number of amides is 1. The van der Waals surface area contributed by atoms with Crippen molar-refractivity contribution >= 4 is 5.91 Å². The number of aliphatic hydroxyl groups is 1. The number of hydrogen-bond acceptors (Lipinski definition) is 2. The molecule has 0 aliphatic heterocycles. The Morgan fingerprint density at radius 2 is 2.04 bits per heavy atom. The van der Waals surface area contributed by atoms with Gasteiger partial charge in [0.25, 0.3) is 0 Å². The van der Waals surface area contributed by atoms with Crippen LogP contribution in [0, 0.1) is 23.2 Å². The fourth-order valence-electron chi connectivity index (χ4n) is 5.09. The van der Waals surface area contributed by atoms with Crippen LogP contribution in [0.5, 0.6) is 0 Å². The predicted octanol–water partition coefficient (Wildman–Crippen LogP) is 3.56. The van der Waals surface area contributed by atoms with Crippen molar-refractivity contribution in [3.8, 4) is 0 Å². The molecule has 2 saturated carbocycles. The number of aliphatic hydroxyl groups excluding tert-OH is 1. The van der Waals surface area contributed by atoms with E-state index in [9.17, 15) is 9.90 Å². The summed E-state index contributed by atoms with van der Waals surface area (Å²) < 4.78 is 0. The van der Waals surface area contributed by atoms with E-state index in [2.05, 4.69) is 36.5 Å². The van der Waals surface area contributed by atoms with Crippen molar-refractivity contribution in [2.45, 2.75) is 58.5 Å². The summed E-state index contributed by atoms with van der Waals surface area (Å²) in [6.45, 7) is 4.57. The second-order valence-electron chi connectivity index (χ2n) is 8.30. The summed E-state index contributed by atoms with van der Waals surface area (Å²) in [7, 11) is 0. The van der Waals surface area contributed by atoms with E-state index in [0.717, 1.165) is 25.2 Å². The summed E-state index contributed by atoms with van der Waals surface area (Å²) in [5.74, 6) is 1.83. The Morgan fingerprint density at radius 1 is 1.29 bits per heavy atom. The van der Waals surface area contributed by atoms with Gasteiger partial charge in [0, 0.05) is 6.54 Å². The Balaban J connectivity index is 1.70. The van der Waals surface area contributed by atoms with Crippen LogP contribution in [-0.4, -0.2) is 23.7 Å². The maximum Gasteiger partial charge on any atom is 0.226 e. The van der Waals surface area contributed by atoms with Crippen molar-refractivity contribution in [2.24, 2.45) is 23.2 Å². The standard InChI is InChI=1S/C21H31NO2/c1-15(10-16(2)23)14-22-20(24)21(12-17-6-4-3-5-7-17)13-18-8-9-19(21)11-18/h3-7,15-16,18-19,23H,8-14H2,1-2H3,(H,22,24). The van der Waals surface area contributed by atoms with E-state index in [1.54, 1.807) is 0 Å². The van der Waals surface area contributed by atoms with Gasteiger partial charge in [0.05, 0.1) is 11.5 Å². The first-order chi connectivity index (χ1) is 11.5. The number of hydrogen-bond donors (Lipinski definition) is 2. The first-order valence-corrected chi connectivity index (χ1v) is 9.50. The molecule has 5 unspecified atom stereocenters. The molecule has 132 valence electrons. The van der Waals surface area contributed by atoms with Gasteiger partial charge >= 0.3 is 0 Å². The molecular formula is C21H31NO2. The molecule has 1 aromatic carbocycles. The summed E-state index contributed by atoms with van der Waals surface area (Å²) in [6, 6.07) is 10.5. The number of fused-ring (bicyclic) bond motifs is 2. The molecule has 0 radical (unpaired) electrons. The largest absolute Gasteiger partial charge is 0.393 e. The molecule has 2 aliphatic rings. The maximum atomic E-state index is 13.2. The molecule has 2 fully saturated rings. The van der Waals surface area contributed by atoms with Crippen LogP contribution in [0.1, 0.15) is 51.5 Å². The van der Waals surface area contributed by atoms with Crippen molar-refractivity contribution in [2.75, 3.05) is 6.54 Å². The SMILES string of the molecule is CC(O)CC(C)CNC(=O)C1(Cc2ccccc2)CC2CCC1C2. The van der Waals surface area contributed by atoms with Crippen LogP contribution in [0.2, 0.25) is 0 Å². The Hall–Kier alpha value is -1.35. The molecule has 3 heteroatoms. The molecule has 1 amide bonds. The molecule has 3 nitrogen and oxygen atoms in total. The number of rotatable bonds is 7. The number of nitrogens with one attached hydrogen (secondary N) is 1. The molecular weight excluding hydrogens is 298 g/mol. The average Bonchev–Trinajstić information content (AvgIpc) is 3.14. The minimum atomic E-state index is -0.308. The Bertz CT molecular complexity index is 556. The summed E-state index contributed by atoms with van der Waals surface area (Å²) >= 11 is 0. The molecule has 0 spiro atoms. The van der Waals surface area contributed by atoms with Crippen LogP contribution in [0.4, 0.5) is 0 Å². The van der Waals surface area contributed by atoms with Gasteiger partial charge in [0.15, 0.2) is 0 Å². The van der Waals surface area contributed by atoms with E-state index >= 15 is 0 Å². The third kappa shape index (κ3) is 3.66. The van der Waals surface area contributed by atoms with Crippen molar-refractivity contribution in [3.05, 3.63) is 35.9 Å². The normalized spacial score (nSPS) is 31.0. The summed E-state index contributed by atoms with van der Waals surface area (Å²) in [6.07, 6.45) is 6.06. The van der Waals surface area contributed by atoms with Crippen LogP contribution in [0.3, 0.4) is 0 Å². The molecule has 2 aliphatic carbocycles. The molecule has 2 N–H and O–H groups in total. The van der Waals surface area contributed by atoms with E-state index in [1.165, 1.54) is 24.8 Å². The molecule has 3 rings (SSSR count). The number of benzene rings is 1.